The van der Waals surface area contributed by atoms with Gasteiger partial charge in [0.1, 0.15) is 5.82 Å². The van der Waals surface area contributed by atoms with E-state index in [-0.39, 0.29) is 0 Å². The zero-order valence-electron chi connectivity index (χ0n) is 6.34. The van der Waals surface area contributed by atoms with Crippen molar-refractivity contribution in [3.8, 4) is 0 Å². The fourth-order valence-corrected chi connectivity index (χ4v) is 1.49. The highest BCUT2D eigenvalue weighted by atomic mass is 79.9. The quantitative estimate of drug-likeness (QED) is 0.778. The molecule has 12 heavy (non-hydrogen) atoms. The third kappa shape index (κ3) is 1.23. The van der Waals surface area contributed by atoms with Crippen molar-refractivity contribution in [3.05, 3.63) is 28.5 Å². The SMILES string of the molecule is NCc1nc2ccc(Br)cc2[nH]1. The average Bonchev–Trinajstić information content (AvgIpc) is 2.46. The minimum Gasteiger partial charge on any atom is -0.341 e. The van der Waals surface area contributed by atoms with Gasteiger partial charge >= 0.3 is 0 Å². The average molecular weight is 226 g/mol. The van der Waals surface area contributed by atoms with Crippen molar-refractivity contribution < 1.29 is 0 Å². The summed E-state index contributed by atoms with van der Waals surface area (Å²) >= 11 is 3.38. The summed E-state index contributed by atoms with van der Waals surface area (Å²) in [7, 11) is 0. The van der Waals surface area contributed by atoms with Crippen LogP contribution in [0.2, 0.25) is 0 Å². The van der Waals surface area contributed by atoms with Crippen LogP contribution >= 0.6 is 15.9 Å². The van der Waals surface area contributed by atoms with Crippen LogP contribution in [0.15, 0.2) is 22.7 Å². The Morgan fingerprint density at radius 1 is 1.50 bits per heavy atom. The largest absolute Gasteiger partial charge is 0.341 e. The van der Waals surface area contributed by atoms with E-state index in [2.05, 4.69) is 25.9 Å². The second kappa shape index (κ2) is 2.88. The number of H-pyrrole nitrogens is 1. The van der Waals surface area contributed by atoms with Crippen LogP contribution in [0, 0.1) is 0 Å². The molecule has 4 heteroatoms. The molecule has 0 aliphatic heterocycles. The van der Waals surface area contributed by atoms with Gasteiger partial charge in [-0.1, -0.05) is 15.9 Å². The summed E-state index contributed by atoms with van der Waals surface area (Å²) in [6.45, 7) is 0.451. The van der Waals surface area contributed by atoms with Gasteiger partial charge in [-0.15, -0.1) is 0 Å². The summed E-state index contributed by atoms with van der Waals surface area (Å²) in [5, 5.41) is 0. The van der Waals surface area contributed by atoms with Crippen LogP contribution in [0.3, 0.4) is 0 Å². The molecule has 0 spiro atoms. The molecule has 1 aromatic carbocycles. The first-order chi connectivity index (χ1) is 5.79. The van der Waals surface area contributed by atoms with Gasteiger partial charge in [-0.2, -0.15) is 0 Å². The molecule has 0 aliphatic rings. The molecule has 0 fully saturated rings. The summed E-state index contributed by atoms with van der Waals surface area (Å²) < 4.78 is 1.04. The topological polar surface area (TPSA) is 54.7 Å². The Kier molecular flexibility index (Phi) is 1.86. The molecule has 3 nitrogen and oxygen atoms in total. The number of aromatic nitrogens is 2. The molecule has 0 saturated heterocycles. The molecule has 0 unspecified atom stereocenters. The lowest BCUT2D eigenvalue weighted by atomic mass is 10.3. The summed E-state index contributed by atoms with van der Waals surface area (Å²) in [6.07, 6.45) is 0. The van der Waals surface area contributed by atoms with Gasteiger partial charge < -0.3 is 10.7 Å². The third-order valence-corrected chi connectivity index (χ3v) is 2.18. The first-order valence-corrected chi connectivity index (χ1v) is 4.43. The number of nitrogens with one attached hydrogen (secondary N) is 1. The van der Waals surface area contributed by atoms with Crippen molar-refractivity contribution in [2.45, 2.75) is 6.54 Å². The first kappa shape index (κ1) is 7.76. The zero-order valence-corrected chi connectivity index (χ0v) is 7.93. The van der Waals surface area contributed by atoms with E-state index < -0.39 is 0 Å². The second-order valence-corrected chi connectivity index (χ2v) is 3.46. The molecule has 0 bridgehead atoms. The van der Waals surface area contributed by atoms with Crippen molar-refractivity contribution in [1.82, 2.24) is 9.97 Å². The van der Waals surface area contributed by atoms with Gasteiger partial charge in [-0.3, -0.25) is 0 Å². The van der Waals surface area contributed by atoms with E-state index in [1.807, 2.05) is 18.2 Å². The Bertz CT molecular complexity index is 408. The Labute approximate surface area is 78.1 Å². The lowest BCUT2D eigenvalue weighted by molar-refractivity contribution is 0.958. The number of benzene rings is 1. The standard InChI is InChI=1S/C8H8BrN3/c9-5-1-2-6-7(3-5)12-8(4-10)11-6/h1-3H,4,10H2,(H,11,12). The number of imidazole rings is 1. The van der Waals surface area contributed by atoms with E-state index in [0.717, 1.165) is 21.3 Å². The van der Waals surface area contributed by atoms with Crippen LogP contribution in [0.5, 0.6) is 0 Å². The van der Waals surface area contributed by atoms with Gasteiger partial charge in [-0.25, -0.2) is 4.98 Å². The van der Waals surface area contributed by atoms with Crippen LogP contribution < -0.4 is 5.73 Å². The smallest absolute Gasteiger partial charge is 0.121 e. The van der Waals surface area contributed by atoms with Gasteiger partial charge in [0.2, 0.25) is 0 Å². The predicted molar refractivity (Wildman–Crippen MR) is 51.7 cm³/mol. The number of nitrogens with zero attached hydrogens (tertiary/aromatic N) is 1. The van der Waals surface area contributed by atoms with Gasteiger partial charge in [0.15, 0.2) is 0 Å². The fraction of sp³-hybridized carbons (Fsp3) is 0.125. The summed E-state index contributed by atoms with van der Waals surface area (Å²) in [4.78, 5) is 7.39. The maximum atomic E-state index is 5.45. The molecule has 0 radical (unpaired) electrons. The van der Waals surface area contributed by atoms with Crippen molar-refractivity contribution >= 4 is 27.0 Å². The maximum absolute atomic E-state index is 5.45. The fourth-order valence-electron chi connectivity index (χ4n) is 1.13. The summed E-state index contributed by atoms with van der Waals surface area (Å²) in [5.74, 6) is 0.822. The second-order valence-electron chi connectivity index (χ2n) is 2.55. The predicted octanol–water partition coefficient (Wildman–Crippen LogP) is 1.78. The number of nitrogens with two attached hydrogens (primary N) is 1. The van der Waals surface area contributed by atoms with Gasteiger partial charge in [0.25, 0.3) is 0 Å². The molecule has 62 valence electrons. The molecule has 2 aromatic rings. The number of rotatable bonds is 1. The molecule has 0 aliphatic carbocycles. The van der Waals surface area contributed by atoms with Crippen molar-refractivity contribution in [3.63, 3.8) is 0 Å². The number of hydrogen-bond acceptors (Lipinski definition) is 2. The highest BCUT2D eigenvalue weighted by Gasteiger charge is 2.00. The van der Waals surface area contributed by atoms with Gasteiger partial charge in [-0.05, 0) is 18.2 Å². The lowest BCUT2D eigenvalue weighted by Crippen LogP contribution is -1.97. The monoisotopic (exact) mass is 225 g/mol. The van der Waals surface area contributed by atoms with E-state index in [0.29, 0.717) is 6.54 Å². The molecular formula is C8H8BrN3. The zero-order chi connectivity index (χ0) is 8.55. The highest BCUT2D eigenvalue weighted by Crippen LogP contribution is 2.17. The number of halogens is 1. The van der Waals surface area contributed by atoms with E-state index in [4.69, 9.17) is 5.73 Å². The minimum atomic E-state index is 0.451. The van der Waals surface area contributed by atoms with E-state index in [9.17, 15) is 0 Å². The lowest BCUT2D eigenvalue weighted by Gasteiger charge is -1.87. The molecule has 0 saturated carbocycles. The van der Waals surface area contributed by atoms with E-state index >= 15 is 0 Å². The van der Waals surface area contributed by atoms with Crippen LogP contribution in [0.1, 0.15) is 5.82 Å². The molecule has 1 heterocycles. The maximum Gasteiger partial charge on any atom is 0.121 e. The highest BCUT2D eigenvalue weighted by molar-refractivity contribution is 9.10. The third-order valence-electron chi connectivity index (χ3n) is 1.69. The summed E-state index contributed by atoms with van der Waals surface area (Å²) in [6, 6.07) is 5.90. The Morgan fingerprint density at radius 2 is 2.33 bits per heavy atom. The van der Waals surface area contributed by atoms with Gasteiger partial charge in [0, 0.05) is 4.47 Å². The minimum absolute atomic E-state index is 0.451. The van der Waals surface area contributed by atoms with E-state index in [1.165, 1.54) is 0 Å². The Balaban J connectivity index is 2.67. The molecule has 1 aromatic heterocycles. The molecule has 0 amide bonds. The van der Waals surface area contributed by atoms with E-state index in [1.54, 1.807) is 0 Å². The van der Waals surface area contributed by atoms with Crippen molar-refractivity contribution in [1.29, 1.82) is 0 Å². The summed E-state index contributed by atoms with van der Waals surface area (Å²) in [5.41, 5.74) is 7.42. The number of fused-ring (bicyclic) bond motifs is 1. The van der Waals surface area contributed by atoms with Gasteiger partial charge in [0.05, 0.1) is 17.6 Å². The van der Waals surface area contributed by atoms with Crippen molar-refractivity contribution in [2.75, 3.05) is 0 Å². The Hall–Kier alpha value is -0.870. The molecule has 2 rings (SSSR count). The first-order valence-electron chi connectivity index (χ1n) is 3.64. The van der Waals surface area contributed by atoms with Crippen LogP contribution in [-0.2, 0) is 6.54 Å². The molecule has 3 N–H and O–H groups in total. The van der Waals surface area contributed by atoms with Crippen LogP contribution in [0.4, 0.5) is 0 Å². The molecular weight excluding hydrogens is 218 g/mol. The van der Waals surface area contributed by atoms with Crippen molar-refractivity contribution in [2.24, 2.45) is 5.73 Å². The molecule has 0 atom stereocenters. The van der Waals surface area contributed by atoms with Crippen LogP contribution in [0.25, 0.3) is 11.0 Å². The Morgan fingerprint density at radius 3 is 3.08 bits per heavy atom. The number of hydrogen-bond donors (Lipinski definition) is 2. The van der Waals surface area contributed by atoms with Crippen LogP contribution in [-0.4, -0.2) is 9.97 Å². The number of aromatic amines is 1. The normalized spacial score (nSPS) is 10.8.